The van der Waals surface area contributed by atoms with E-state index in [0.29, 0.717) is 19.6 Å². The minimum atomic E-state index is -0.806. The third kappa shape index (κ3) is 5.19. The number of rotatable bonds is 7. The zero-order chi connectivity index (χ0) is 11.2. The lowest BCUT2D eigenvalue weighted by molar-refractivity contribution is -0.139. The average molecular weight is 203 g/mol. The van der Waals surface area contributed by atoms with E-state index in [1.54, 1.807) is 0 Å². The molecule has 14 heavy (non-hydrogen) atoms. The van der Waals surface area contributed by atoms with Crippen molar-refractivity contribution in [2.45, 2.75) is 45.8 Å². The van der Waals surface area contributed by atoms with E-state index in [1.165, 1.54) is 0 Å². The topological polar surface area (TPSA) is 58.6 Å². The van der Waals surface area contributed by atoms with Gasteiger partial charge in [0.1, 0.15) is 6.04 Å². The van der Waals surface area contributed by atoms with Crippen LogP contribution in [0.15, 0.2) is 0 Å². The van der Waals surface area contributed by atoms with Crippen molar-refractivity contribution in [2.24, 2.45) is 0 Å². The molecule has 84 valence electrons. The highest BCUT2D eigenvalue weighted by molar-refractivity contribution is 5.73. The van der Waals surface area contributed by atoms with Crippen LogP contribution in [0.2, 0.25) is 0 Å². The van der Waals surface area contributed by atoms with Crippen LogP contribution in [0.4, 0.5) is 0 Å². The zero-order valence-electron chi connectivity index (χ0n) is 9.46. The molecule has 0 spiro atoms. The van der Waals surface area contributed by atoms with Gasteiger partial charge in [-0.3, -0.25) is 4.79 Å². The van der Waals surface area contributed by atoms with Crippen LogP contribution in [0.5, 0.6) is 0 Å². The van der Waals surface area contributed by atoms with E-state index in [1.807, 2.05) is 27.7 Å². The summed E-state index contributed by atoms with van der Waals surface area (Å²) in [6, 6.07) is -0.477. The van der Waals surface area contributed by atoms with Gasteiger partial charge in [-0.2, -0.15) is 0 Å². The van der Waals surface area contributed by atoms with Gasteiger partial charge in [-0.25, -0.2) is 0 Å². The molecule has 4 heteroatoms. The van der Waals surface area contributed by atoms with Crippen molar-refractivity contribution in [3.8, 4) is 0 Å². The van der Waals surface area contributed by atoms with Crippen LogP contribution in [0.1, 0.15) is 34.1 Å². The van der Waals surface area contributed by atoms with Crippen molar-refractivity contribution in [1.82, 2.24) is 5.32 Å². The average Bonchev–Trinajstić information content (AvgIpc) is 2.04. The molecule has 2 N–H and O–H groups in total. The molecule has 0 aromatic carbocycles. The molecule has 0 bridgehead atoms. The molecule has 1 unspecified atom stereocenters. The third-order valence-corrected chi connectivity index (χ3v) is 2.02. The first-order chi connectivity index (χ1) is 6.43. The fourth-order valence-corrected chi connectivity index (χ4v) is 1.22. The summed E-state index contributed by atoms with van der Waals surface area (Å²) in [5.41, 5.74) is -0.308. The largest absolute Gasteiger partial charge is 0.480 e. The smallest absolute Gasteiger partial charge is 0.320 e. The molecule has 0 aliphatic rings. The Morgan fingerprint density at radius 1 is 1.50 bits per heavy atom. The summed E-state index contributed by atoms with van der Waals surface area (Å²) in [6.07, 6.45) is 0.581. The second-order valence-electron chi connectivity index (χ2n) is 3.87. The van der Waals surface area contributed by atoms with Gasteiger partial charge in [0.2, 0.25) is 0 Å². The fraction of sp³-hybridized carbons (Fsp3) is 0.900. The molecule has 0 saturated heterocycles. The molecule has 0 heterocycles. The highest BCUT2D eigenvalue weighted by Crippen LogP contribution is 2.07. The third-order valence-electron chi connectivity index (χ3n) is 2.02. The van der Waals surface area contributed by atoms with Gasteiger partial charge in [0, 0.05) is 13.2 Å². The van der Waals surface area contributed by atoms with Crippen molar-refractivity contribution < 1.29 is 14.6 Å². The van der Waals surface area contributed by atoms with E-state index < -0.39 is 12.0 Å². The lowest BCUT2D eigenvalue weighted by Crippen LogP contribution is -2.45. The van der Waals surface area contributed by atoms with E-state index in [9.17, 15) is 4.79 Å². The SMILES string of the molecule is CCOC(C)(C)CNC(CC)C(=O)O. The summed E-state index contributed by atoms with van der Waals surface area (Å²) >= 11 is 0. The molecular weight excluding hydrogens is 182 g/mol. The predicted molar refractivity (Wildman–Crippen MR) is 55.4 cm³/mol. The van der Waals surface area contributed by atoms with Crippen molar-refractivity contribution in [3.63, 3.8) is 0 Å². The quantitative estimate of drug-likeness (QED) is 0.654. The van der Waals surface area contributed by atoms with Crippen LogP contribution < -0.4 is 5.32 Å². The van der Waals surface area contributed by atoms with Gasteiger partial charge in [0.05, 0.1) is 5.60 Å². The Hall–Kier alpha value is -0.610. The number of carboxylic acids is 1. The Bertz CT molecular complexity index is 180. The lowest BCUT2D eigenvalue weighted by atomic mass is 10.1. The second-order valence-corrected chi connectivity index (χ2v) is 3.87. The fourth-order valence-electron chi connectivity index (χ4n) is 1.22. The first kappa shape index (κ1) is 13.4. The summed E-state index contributed by atoms with van der Waals surface area (Å²) < 4.78 is 5.45. The molecule has 0 rings (SSSR count). The predicted octanol–water partition coefficient (Wildman–Crippen LogP) is 1.25. The molecule has 0 aliphatic heterocycles. The summed E-state index contributed by atoms with van der Waals surface area (Å²) in [5, 5.41) is 11.8. The van der Waals surface area contributed by atoms with Crippen LogP contribution in [0.25, 0.3) is 0 Å². The number of hydrogen-bond donors (Lipinski definition) is 2. The maximum atomic E-state index is 10.7. The number of carboxylic acid groups (broad SMARTS) is 1. The maximum absolute atomic E-state index is 10.7. The Labute approximate surface area is 85.6 Å². The van der Waals surface area contributed by atoms with Crippen LogP contribution in [-0.4, -0.2) is 35.9 Å². The van der Waals surface area contributed by atoms with Crippen LogP contribution in [0.3, 0.4) is 0 Å². The molecule has 0 aliphatic carbocycles. The summed E-state index contributed by atoms with van der Waals surface area (Å²) in [4.78, 5) is 10.7. The maximum Gasteiger partial charge on any atom is 0.320 e. The molecule has 0 radical (unpaired) electrons. The Balaban J connectivity index is 3.95. The molecule has 0 amide bonds. The second kappa shape index (κ2) is 5.98. The molecular formula is C10H21NO3. The van der Waals surface area contributed by atoms with Crippen LogP contribution in [0, 0.1) is 0 Å². The van der Waals surface area contributed by atoms with Gasteiger partial charge >= 0.3 is 5.97 Å². The monoisotopic (exact) mass is 203 g/mol. The summed E-state index contributed by atoms with van der Waals surface area (Å²) in [6.45, 7) is 8.84. The molecule has 0 aromatic rings. The normalized spacial score (nSPS) is 14.0. The van der Waals surface area contributed by atoms with Gasteiger partial charge < -0.3 is 15.2 Å². The number of ether oxygens (including phenoxy) is 1. The van der Waals surface area contributed by atoms with Crippen molar-refractivity contribution >= 4 is 5.97 Å². The standard InChI is InChI=1S/C10H21NO3/c1-5-8(9(12)13)11-7-10(3,4)14-6-2/h8,11H,5-7H2,1-4H3,(H,12,13). The van der Waals surface area contributed by atoms with Crippen LogP contribution in [-0.2, 0) is 9.53 Å². The highest BCUT2D eigenvalue weighted by atomic mass is 16.5. The minimum Gasteiger partial charge on any atom is -0.480 e. The molecule has 0 aromatic heterocycles. The first-order valence-corrected chi connectivity index (χ1v) is 5.03. The van der Waals surface area contributed by atoms with Crippen molar-refractivity contribution in [2.75, 3.05) is 13.2 Å². The number of nitrogens with one attached hydrogen (secondary N) is 1. The van der Waals surface area contributed by atoms with Gasteiger partial charge in [0.15, 0.2) is 0 Å². The van der Waals surface area contributed by atoms with Crippen molar-refractivity contribution in [1.29, 1.82) is 0 Å². The van der Waals surface area contributed by atoms with E-state index >= 15 is 0 Å². The number of carbonyl (C=O) groups is 1. The van der Waals surface area contributed by atoms with E-state index in [-0.39, 0.29) is 5.60 Å². The van der Waals surface area contributed by atoms with Gasteiger partial charge in [-0.05, 0) is 27.2 Å². The zero-order valence-corrected chi connectivity index (χ0v) is 9.46. The van der Waals surface area contributed by atoms with Gasteiger partial charge in [0.25, 0.3) is 0 Å². The molecule has 0 fully saturated rings. The van der Waals surface area contributed by atoms with E-state index in [0.717, 1.165) is 0 Å². The Kier molecular flexibility index (Phi) is 5.72. The first-order valence-electron chi connectivity index (χ1n) is 5.03. The Morgan fingerprint density at radius 3 is 2.43 bits per heavy atom. The summed E-state index contributed by atoms with van der Waals surface area (Å²) in [5.74, 6) is -0.806. The van der Waals surface area contributed by atoms with Gasteiger partial charge in [-0.1, -0.05) is 6.92 Å². The summed E-state index contributed by atoms with van der Waals surface area (Å²) in [7, 11) is 0. The van der Waals surface area contributed by atoms with Crippen molar-refractivity contribution in [3.05, 3.63) is 0 Å². The minimum absolute atomic E-state index is 0.308. The Morgan fingerprint density at radius 2 is 2.07 bits per heavy atom. The van der Waals surface area contributed by atoms with E-state index in [2.05, 4.69) is 5.32 Å². The van der Waals surface area contributed by atoms with Gasteiger partial charge in [-0.15, -0.1) is 0 Å². The highest BCUT2D eigenvalue weighted by Gasteiger charge is 2.21. The van der Waals surface area contributed by atoms with E-state index in [4.69, 9.17) is 9.84 Å². The molecule has 0 saturated carbocycles. The molecule has 1 atom stereocenters. The number of hydrogen-bond acceptors (Lipinski definition) is 3. The molecule has 4 nitrogen and oxygen atoms in total. The number of aliphatic carboxylic acids is 1. The lowest BCUT2D eigenvalue weighted by Gasteiger charge is -2.26. The van der Waals surface area contributed by atoms with Crippen LogP contribution >= 0.6 is 0 Å².